The first kappa shape index (κ1) is 46.1. The smallest absolute Gasteiger partial charge is 0.414 e. The van der Waals surface area contributed by atoms with E-state index in [-0.39, 0.29) is 33.8 Å². The first-order valence-corrected chi connectivity index (χ1v) is 20.2. The van der Waals surface area contributed by atoms with E-state index in [1.54, 1.807) is 0 Å². The summed E-state index contributed by atoms with van der Waals surface area (Å²) >= 11 is 12.5. The Morgan fingerprint density at radius 1 is 0.526 bits per heavy atom. The van der Waals surface area contributed by atoms with Crippen LogP contribution in [0, 0.1) is 47.6 Å². The Kier molecular flexibility index (Phi) is 20.3. The van der Waals surface area contributed by atoms with Gasteiger partial charge >= 0.3 is 21.7 Å². The van der Waals surface area contributed by atoms with Crippen molar-refractivity contribution in [1.29, 1.82) is 0 Å². The Labute approximate surface area is 361 Å². The summed E-state index contributed by atoms with van der Waals surface area (Å²) in [6.07, 6.45) is 31.0. The number of hydrogen-bond donors (Lipinski definition) is 0. The van der Waals surface area contributed by atoms with E-state index >= 15 is 0 Å². The maximum Gasteiger partial charge on any atom is 4.00 e. The van der Waals surface area contributed by atoms with E-state index in [4.69, 9.17) is 23.2 Å². The molecule has 2 saturated carbocycles. The molecule has 296 valence electrons. The second kappa shape index (κ2) is 25.1. The molecular formula is C48H48Cl2F4N2Ti. The van der Waals surface area contributed by atoms with Crippen LogP contribution >= 0.6 is 23.2 Å². The van der Waals surface area contributed by atoms with Crippen molar-refractivity contribution in [2.24, 2.45) is 0 Å². The summed E-state index contributed by atoms with van der Waals surface area (Å²) in [6, 6.07) is 25.5. The van der Waals surface area contributed by atoms with Crippen molar-refractivity contribution in [3.8, 4) is 0 Å². The van der Waals surface area contributed by atoms with Gasteiger partial charge in [0.15, 0.2) is 0 Å². The molecule has 4 aromatic rings. The SMILES string of the molecule is Fc1[c-]c(F)c(N(Cc2ccccc2Cl)C2CCCCC2)cc1.Fc1[c-]c(F)c(N(Cc2ccccc2Cl)C2CCCCC2)cc1.[C-]1=CC=CC1.[C-]1=CC=CC1.[Ti+4]. The van der Waals surface area contributed by atoms with Gasteiger partial charge in [-0.05, 0) is 60.3 Å². The molecule has 8 rings (SSSR count). The van der Waals surface area contributed by atoms with Gasteiger partial charge in [-0.1, -0.05) is 98.1 Å². The molecule has 0 unspecified atom stereocenters. The molecule has 0 aliphatic heterocycles. The summed E-state index contributed by atoms with van der Waals surface area (Å²) in [4.78, 5) is 4.04. The average molecular weight is 848 g/mol. The first-order chi connectivity index (χ1) is 27.3. The molecule has 0 heterocycles. The second-order valence-electron chi connectivity index (χ2n) is 14.0. The summed E-state index contributed by atoms with van der Waals surface area (Å²) < 4.78 is 55.0. The summed E-state index contributed by atoms with van der Waals surface area (Å²) in [7, 11) is 0. The predicted octanol–water partition coefficient (Wildman–Crippen LogP) is 14.1. The van der Waals surface area contributed by atoms with Crippen molar-refractivity contribution in [3.63, 3.8) is 0 Å². The molecular weight excluding hydrogens is 799 g/mol. The zero-order valence-electron chi connectivity index (χ0n) is 32.1. The zero-order chi connectivity index (χ0) is 39.5. The van der Waals surface area contributed by atoms with Crippen LogP contribution < -0.4 is 9.80 Å². The molecule has 57 heavy (non-hydrogen) atoms. The molecule has 0 aromatic heterocycles. The standard InChI is InChI=1S/2C19H19ClF2N.2C5H5.Ti/c2*20-17-9-5-4-6-14(17)13-23(16-7-2-1-3-8-16)19-11-10-15(21)12-18(19)22;2*1-2-4-5-3-1;/h2*4-6,9-11,16H,1-3,7-8,13H2;2*1-3H,4H2;/q4*-1;+4. The minimum absolute atomic E-state index is 0. The second-order valence-corrected chi connectivity index (χ2v) is 14.9. The molecule has 4 aromatic carbocycles. The molecule has 0 bridgehead atoms. The van der Waals surface area contributed by atoms with Crippen LogP contribution in [-0.2, 0) is 34.8 Å². The van der Waals surface area contributed by atoms with Crippen molar-refractivity contribution >= 4 is 34.6 Å². The van der Waals surface area contributed by atoms with Gasteiger partial charge in [0, 0.05) is 58.5 Å². The van der Waals surface area contributed by atoms with Crippen LogP contribution in [0.3, 0.4) is 0 Å². The summed E-state index contributed by atoms with van der Waals surface area (Å²) in [5.74, 6) is -2.62. The van der Waals surface area contributed by atoms with E-state index in [9.17, 15) is 17.6 Å². The topological polar surface area (TPSA) is 6.48 Å². The monoisotopic (exact) mass is 846 g/mol. The Bertz CT molecular complexity index is 1780. The third-order valence-corrected chi connectivity index (χ3v) is 10.8. The van der Waals surface area contributed by atoms with Gasteiger partial charge in [0.25, 0.3) is 0 Å². The number of anilines is 2. The minimum atomic E-state index is -0.674. The van der Waals surface area contributed by atoms with Crippen LogP contribution in [0.5, 0.6) is 0 Å². The van der Waals surface area contributed by atoms with Crippen molar-refractivity contribution in [3.05, 3.63) is 178 Å². The van der Waals surface area contributed by atoms with E-state index in [0.717, 1.165) is 75.3 Å². The molecule has 2 nitrogen and oxygen atoms in total. The van der Waals surface area contributed by atoms with Gasteiger partial charge in [-0.25, -0.2) is 41.9 Å². The van der Waals surface area contributed by atoms with Gasteiger partial charge in [0.2, 0.25) is 0 Å². The van der Waals surface area contributed by atoms with Crippen LogP contribution in [0.2, 0.25) is 10.0 Å². The minimum Gasteiger partial charge on any atom is -0.414 e. The molecule has 2 fully saturated rings. The normalized spacial score (nSPS) is 15.7. The average Bonchev–Trinajstić information content (AvgIpc) is 4.00. The molecule has 4 aliphatic carbocycles. The van der Waals surface area contributed by atoms with Gasteiger partial charge in [-0.2, -0.15) is 12.2 Å². The molecule has 0 spiro atoms. The molecule has 0 amide bonds. The van der Waals surface area contributed by atoms with E-state index < -0.39 is 23.3 Å². The number of halogens is 6. The number of allylic oxidation sites excluding steroid dienone is 8. The van der Waals surface area contributed by atoms with Crippen molar-refractivity contribution < 1.29 is 39.3 Å². The molecule has 0 saturated heterocycles. The van der Waals surface area contributed by atoms with E-state index in [1.807, 2.05) is 82.6 Å². The fourth-order valence-electron chi connectivity index (χ4n) is 7.22. The van der Waals surface area contributed by atoms with E-state index in [0.29, 0.717) is 34.5 Å². The summed E-state index contributed by atoms with van der Waals surface area (Å²) in [6.45, 7) is 1.03. The number of benzene rings is 4. The zero-order valence-corrected chi connectivity index (χ0v) is 35.2. The van der Waals surface area contributed by atoms with Gasteiger partial charge in [0.05, 0.1) is 0 Å². The van der Waals surface area contributed by atoms with Crippen LogP contribution in [0.4, 0.5) is 28.9 Å². The van der Waals surface area contributed by atoms with Gasteiger partial charge in [0.1, 0.15) is 0 Å². The Balaban J connectivity index is 0.000000200. The van der Waals surface area contributed by atoms with Crippen LogP contribution in [0.15, 0.2) is 109 Å². The maximum absolute atomic E-state index is 14.3. The number of rotatable bonds is 8. The predicted molar refractivity (Wildman–Crippen MR) is 223 cm³/mol. The van der Waals surface area contributed by atoms with Gasteiger partial charge in [-0.3, -0.25) is 12.2 Å². The summed E-state index contributed by atoms with van der Waals surface area (Å²) in [5, 5.41) is 1.33. The summed E-state index contributed by atoms with van der Waals surface area (Å²) in [5.41, 5.74) is 2.70. The van der Waals surface area contributed by atoms with Crippen LogP contribution in [-0.4, -0.2) is 12.1 Å². The Morgan fingerprint density at radius 2 is 0.912 bits per heavy atom. The van der Waals surface area contributed by atoms with Gasteiger partial charge < -0.3 is 9.80 Å². The molecule has 0 radical (unpaired) electrons. The number of nitrogens with zero attached hydrogens (tertiary/aromatic N) is 2. The fraction of sp³-hybridized carbons (Fsp3) is 0.333. The van der Waals surface area contributed by atoms with Gasteiger partial charge in [-0.15, -0.1) is 49.2 Å². The Morgan fingerprint density at radius 3 is 1.21 bits per heavy atom. The third kappa shape index (κ3) is 15.0. The Hall–Kier alpha value is -3.55. The third-order valence-electron chi connectivity index (χ3n) is 10.1. The maximum atomic E-state index is 14.3. The van der Waals surface area contributed by atoms with Crippen LogP contribution in [0.25, 0.3) is 0 Å². The van der Waals surface area contributed by atoms with Crippen molar-refractivity contribution in [1.82, 2.24) is 0 Å². The molecule has 0 N–H and O–H groups in total. The fourth-order valence-corrected chi connectivity index (χ4v) is 7.61. The molecule has 4 aliphatic rings. The van der Waals surface area contributed by atoms with E-state index in [1.165, 1.54) is 37.1 Å². The van der Waals surface area contributed by atoms with Crippen LogP contribution in [0.1, 0.15) is 88.2 Å². The number of hydrogen-bond acceptors (Lipinski definition) is 2. The first-order valence-electron chi connectivity index (χ1n) is 19.5. The largest absolute Gasteiger partial charge is 4.00 e. The van der Waals surface area contributed by atoms with E-state index in [2.05, 4.69) is 36.4 Å². The quantitative estimate of drug-likeness (QED) is 0.0990. The molecule has 9 heteroatoms. The van der Waals surface area contributed by atoms with Crippen molar-refractivity contribution in [2.75, 3.05) is 9.80 Å². The molecule has 0 atom stereocenters. The van der Waals surface area contributed by atoms with Crippen molar-refractivity contribution in [2.45, 2.75) is 102 Å².